The SMILES string of the molecule is CCOCCN(CCOCC)Cc1csc(CN)n1. The van der Waals surface area contributed by atoms with Crippen LogP contribution in [0.3, 0.4) is 0 Å². The Kier molecular flexibility index (Phi) is 8.94. The van der Waals surface area contributed by atoms with E-state index in [2.05, 4.69) is 15.3 Å². The molecule has 5 nitrogen and oxygen atoms in total. The molecule has 0 saturated carbocycles. The number of ether oxygens (including phenoxy) is 2. The van der Waals surface area contributed by atoms with Crippen LogP contribution in [-0.2, 0) is 22.6 Å². The van der Waals surface area contributed by atoms with E-state index in [1.807, 2.05) is 13.8 Å². The maximum atomic E-state index is 5.58. The first kappa shape index (κ1) is 16.5. The summed E-state index contributed by atoms with van der Waals surface area (Å²) in [5.74, 6) is 0. The number of hydrogen-bond donors (Lipinski definition) is 1. The van der Waals surface area contributed by atoms with Crippen molar-refractivity contribution in [1.29, 1.82) is 0 Å². The number of aromatic nitrogens is 1. The van der Waals surface area contributed by atoms with Crippen molar-refractivity contribution >= 4 is 11.3 Å². The Morgan fingerprint density at radius 2 is 1.84 bits per heavy atom. The quantitative estimate of drug-likeness (QED) is 0.625. The molecule has 0 aromatic carbocycles. The molecular weight excluding hydrogens is 262 g/mol. The minimum absolute atomic E-state index is 0.516. The van der Waals surface area contributed by atoms with Crippen molar-refractivity contribution in [2.45, 2.75) is 26.9 Å². The molecule has 0 spiro atoms. The predicted octanol–water partition coefficient (Wildman–Crippen LogP) is 1.48. The molecule has 1 rings (SSSR count). The van der Waals surface area contributed by atoms with Crippen LogP contribution in [0.5, 0.6) is 0 Å². The molecule has 0 amide bonds. The van der Waals surface area contributed by atoms with E-state index in [-0.39, 0.29) is 0 Å². The molecule has 1 aromatic heterocycles. The Bertz CT molecular complexity index is 323. The highest BCUT2D eigenvalue weighted by atomic mass is 32.1. The van der Waals surface area contributed by atoms with Crippen molar-refractivity contribution in [2.24, 2.45) is 5.73 Å². The van der Waals surface area contributed by atoms with E-state index < -0.39 is 0 Å². The summed E-state index contributed by atoms with van der Waals surface area (Å²) in [6.45, 7) is 10.2. The van der Waals surface area contributed by atoms with E-state index in [4.69, 9.17) is 15.2 Å². The zero-order valence-corrected chi connectivity index (χ0v) is 12.7. The van der Waals surface area contributed by atoms with Gasteiger partial charge in [-0.3, -0.25) is 4.90 Å². The number of hydrogen-bond acceptors (Lipinski definition) is 6. The van der Waals surface area contributed by atoms with Crippen molar-refractivity contribution < 1.29 is 9.47 Å². The largest absolute Gasteiger partial charge is 0.380 e. The Hall–Kier alpha value is -0.530. The van der Waals surface area contributed by atoms with Crippen LogP contribution in [0.25, 0.3) is 0 Å². The molecular formula is C13H25N3O2S. The van der Waals surface area contributed by atoms with Gasteiger partial charge in [-0.15, -0.1) is 11.3 Å². The summed E-state index contributed by atoms with van der Waals surface area (Å²) in [6, 6.07) is 0. The van der Waals surface area contributed by atoms with Crippen LogP contribution >= 0.6 is 11.3 Å². The normalized spacial score (nSPS) is 11.4. The fraction of sp³-hybridized carbons (Fsp3) is 0.769. The lowest BCUT2D eigenvalue weighted by atomic mass is 10.4. The summed E-state index contributed by atoms with van der Waals surface area (Å²) in [5, 5.41) is 3.07. The van der Waals surface area contributed by atoms with Gasteiger partial charge in [0.25, 0.3) is 0 Å². The lowest BCUT2D eigenvalue weighted by Crippen LogP contribution is -2.31. The van der Waals surface area contributed by atoms with E-state index in [1.165, 1.54) is 0 Å². The molecule has 0 saturated heterocycles. The number of nitrogens with two attached hydrogens (primary N) is 1. The fourth-order valence-corrected chi connectivity index (χ4v) is 2.36. The van der Waals surface area contributed by atoms with E-state index >= 15 is 0 Å². The third kappa shape index (κ3) is 6.98. The standard InChI is InChI=1S/C13H25N3O2S/c1-3-17-7-5-16(6-8-18-4-2)10-12-11-19-13(9-14)15-12/h11H,3-10,14H2,1-2H3. The smallest absolute Gasteiger partial charge is 0.106 e. The average Bonchev–Trinajstić information content (AvgIpc) is 2.87. The van der Waals surface area contributed by atoms with Crippen LogP contribution in [0.2, 0.25) is 0 Å². The topological polar surface area (TPSA) is 60.6 Å². The molecule has 0 bridgehead atoms. The molecule has 1 aromatic rings. The maximum Gasteiger partial charge on any atom is 0.106 e. The molecule has 110 valence electrons. The molecule has 0 aliphatic rings. The second-order valence-electron chi connectivity index (χ2n) is 4.11. The van der Waals surface area contributed by atoms with Crippen molar-refractivity contribution in [1.82, 2.24) is 9.88 Å². The second-order valence-corrected chi connectivity index (χ2v) is 5.05. The van der Waals surface area contributed by atoms with E-state index in [0.29, 0.717) is 6.54 Å². The van der Waals surface area contributed by atoms with Crippen molar-refractivity contribution in [3.63, 3.8) is 0 Å². The zero-order valence-electron chi connectivity index (χ0n) is 11.9. The van der Waals surface area contributed by atoms with E-state index in [1.54, 1.807) is 11.3 Å². The molecule has 0 fully saturated rings. The summed E-state index contributed by atoms with van der Waals surface area (Å²) in [6.07, 6.45) is 0. The molecule has 0 aliphatic heterocycles. The molecule has 6 heteroatoms. The van der Waals surface area contributed by atoms with Crippen LogP contribution in [0, 0.1) is 0 Å². The summed E-state index contributed by atoms with van der Waals surface area (Å²) in [7, 11) is 0. The van der Waals surface area contributed by atoms with Gasteiger partial charge in [-0.1, -0.05) is 0 Å². The maximum absolute atomic E-state index is 5.58. The minimum Gasteiger partial charge on any atom is -0.380 e. The molecule has 0 atom stereocenters. The van der Waals surface area contributed by atoms with Gasteiger partial charge in [0.2, 0.25) is 0 Å². The monoisotopic (exact) mass is 287 g/mol. The summed E-state index contributed by atoms with van der Waals surface area (Å²) >= 11 is 1.62. The van der Waals surface area contributed by atoms with Crippen molar-refractivity contribution in [3.05, 3.63) is 16.1 Å². The van der Waals surface area contributed by atoms with E-state index in [0.717, 1.165) is 56.8 Å². The van der Waals surface area contributed by atoms with Gasteiger partial charge in [0.05, 0.1) is 18.9 Å². The van der Waals surface area contributed by atoms with Crippen LogP contribution < -0.4 is 5.73 Å². The number of thiazole rings is 1. The van der Waals surface area contributed by atoms with Crippen LogP contribution in [-0.4, -0.2) is 49.4 Å². The number of nitrogens with zero attached hydrogens (tertiary/aromatic N) is 2. The van der Waals surface area contributed by atoms with Gasteiger partial charge in [-0.2, -0.15) is 0 Å². The Balaban J connectivity index is 2.41. The first-order valence-electron chi connectivity index (χ1n) is 6.81. The average molecular weight is 287 g/mol. The lowest BCUT2D eigenvalue weighted by Gasteiger charge is -2.21. The molecule has 0 aliphatic carbocycles. The molecule has 2 N–H and O–H groups in total. The highest BCUT2D eigenvalue weighted by Gasteiger charge is 2.08. The third-order valence-corrected chi connectivity index (χ3v) is 3.59. The highest BCUT2D eigenvalue weighted by molar-refractivity contribution is 7.09. The Morgan fingerprint density at radius 1 is 1.21 bits per heavy atom. The first-order valence-corrected chi connectivity index (χ1v) is 7.69. The predicted molar refractivity (Wildman–Crippen MR) is 78.3 cm³/mol. The Morgan fingerprint density at radius 3 is 2.32 bits per heavy atom. The van der Waals surface area contributed by atoms with Crippen molar-refractivity contribution in [2.75, 3.05) is 39.5 Å². The van der Waals surface area contributed by atoms with Crippen LogP contribution in [0.15, 0.2) is 5.38 Å². The van der Waals surface area contributed by atoms with Crippen LogP contribution in [0.4, 0.5) is 0 Å². The van der Waals surface area contributed by atoms with E-state index in [9.17, 15) is 0 Å². The summed E-state index contributed by atoms with van der Waals surface area (Å²) in [5.41, 5.74) is 6.67. The van der Waals surface area contributed by atoms with Gasteiger partial charge in [-0.05, 0) is 13.8 Å². The summed E-state index contributed by atoms with van der Waals surface area (Å²) in [4.78, 5) is 6.80. The second kappa shape index (κ2) is 10.3. The minimum atomic E-state index is 0.516. The fourth-order valence-electron chi connectivity index (χ4n) is 1.69. The molecule has 0 radical (unpaired) electrons. The van der Waals surface area contributed by atoms with Crippen LogP contribution in [0.1, 0.15) is 24.5 Å². The van der Waals surface area contributed by atoms with Gasteiger partial charge in [0, 0.05) is 44.8 Å². The zero-order chi connectivity index (χ0) is 13.9. The van der Waals surface area contributed by atoms with Gasteiger partial charge >= 0.3 is 0 Å². The van der Waals surface area contributed by atoms with Gasteiger partial charge in [0.1, 0.15) is 5.01 Å². The third-order valence-electron chi connectivity index (χ3n) is 2.67. The molecule has 1 heterocycles. The van der Waals surface area contributed by atoms with Gasteiger partial charge in [0.15, 0.2) is 0 Å². The summed E-state index contributed by atoms with van der Waals surface area (Å²) < 4.78 is 10.8. The Labute approximate surface area is 119 Å². The lowest BCUT2D eigenvalue weighted by molar-refractivity contribution is 0.0793. The molecule has 19 heavy (non-hydrogen) atoms. The molecule has 0 unspecified atom stereocenters. The van der Waals surface area contributed by atoms with Gasteiger partial charge < -0.3 is 15.2 Å². The first-order chi connectivity index (χ1) is 9.30. The number of rotatable bonds is 11. The van der Waals surface area contributed by atoms with Crippen molar-refractivity contribution in [3.8, 4) is 0 Å². The van der Waals surface area contributed by atoms with Gasteiger partial charge in [-0.25, -0.2) is 4.98 Å². The highest BCUT2D eigenvalue weighted by Crippen LogP contribution is 2.11.